The molecule has 0 radical (unpaired) electrons. The van der Waals surface area contributed by atoms with Crippen LogP contribution in [0.15, 0.2) is 18.3 Å². The van der Waals surface area contributed by atoms with Crippen LogP contribution < -0.4 is 5.73 Å². The maximum absolute atomic E-state index is 13.2. The molecule has 1 rings (SSSR count). The number of aromatic nitrogens is 1. The molecule has 2 atom stereocenters. The molecule has 0 aliphatic carbocycles. The first-order chi connectivity index (χ1) is 6.16. The molecule has 1 heterocycles. The number of rotatable bonds is 3. The standard InChI is InChI=1S/C10H15FN2/c1-3-7(2)9(12)10-8(11)5-4-6-13-10/h4-7,9H,3,12H2,1-2H3. The Bertz CT molecular complexity index is 275. The summed E-state index contributed by atoms with van der Waals surface area (Å²) in [6.45, 7) is 4.03. The van der Waals surface area contributed by atoms with Gasteiger partial charge in [-0.15, -0.1) is 0 Å². The minimum atomic E-state index is -0.310. The zero-order valence-electron chi connectivity index (χ0n) is 8.00. The van der Waals surface area contributed by atoms with Gasteiger partial charge >= 0.3 is 0 Å². The summed E-state index contributed by atoms with van der Waals surface area (Å²) in [6, 6.07) is 2.67. The number of nitrogens with zero attached hydrogens (tertiary/aromatic N) is 1. The predicted octanol–water partition coefficient (Wildman–Crippen LogP) is 2.27. The van der Waals surface area contributed by atoms with E-state index in [-0.39, 0.29) is 17.8 Å². The van der Waals surface area contributed by atoms with Gasteiger partial charge in [-0.3, -0.25) is 4.98 Å². The van der Waals surface area contributed by atoms with Crippen LogP contribution in [0.2, 0.25) is 0 Å². The second-order valence-corrected chi connectivity index (χ2v) is 3.28. The second-order valence-electron chi connectivity index (χ2n) is 3.28. The normalized spacial score (nSPS) is 15.4. The summed E-state index contributed by atoms with van der Waals surface area (Å²) in [5.41, 5.74) is 6.22. The third-order valence-corrected chi connectivity index (χ3v) is 2.36. The number of pyridine rings is 1. The fourth-order valence-electron chi connectivity index (χ4n) is 1.17. The Kier molecular flexibility index (Phi) is 3.37. The van der Waals surface area contributed by atoms with Gasteiger partial charge in [0.25, 0.3) is 0 Å². The molecule has 0 aromatic carbocycles. The Hall–Kier alpha value is -0.960. The van der Waals surface area contributed by atoms with Crippen LogP contribution in [0.1, 0.15) is 32.0 Å². The van der Waals surface area contributed by atoms with Crippen LogP contribution >= 0.6 is 0 Å². The summed E-state index contributed by atoms with van der Waals surface area (Å²) in [7, 11) is 0. The number of halogens is 1. The van der Waals surface area contributed by atoms with E-state index in [0.29, 0.717) is 5.69 Å². The molecule has 72 valence electrons. The quantitative estimate of drug-likeness (QED) is 0.778. The lowest BCUT2D eigenvalue weighted by Gasteiger charge is -2.17. The van der Waals surface area contributed by atoms with Gasteiger partial charge in [0.15, 0.2) is 0 Å². The number of nitrogens with two attached hydrogens (primary N) is 1. The van der Waals surface area contributed by atoms with Crippen LogP contribution in [0.25, 0.3) is 0 Å². The molecule has 1 aromatic heterocycles. The molecule has 0 fully saturated rings. The Labute approximate surface area is 78.0 Å². The van der Waals surface area contributed by atoms with Crippen molar-refractivity contribution in [1.82, 2.24) is 4.98 Å². The van der Waals surface area contributed by atoms with Gasteiger partial charge in [-0.2, -0.15) is 0 Å². The Morgan fingerprint density at radius 3 is 2.85 bits per heavy atom. The summed E-state index contributed by atoms with van der Waals surface area (Å²) < 4.78 is 13.2. The fourth-order valence-corrected chi connectivity index (χ4v) is 1.17. The van der Waals surface area contributed by atoms with Crippen LogP contribution in [0, 0.1) is 11.7 Å². The second kappa shape index (κ2) is 4.33. The lowest BCUT2D eigenvalue weighted by Crippen LogP contribution is -2.21. The van der Waals surface area contributed by atoms with E-state index >= 15 is 0 Å². The molecule has 2 nitrogen and oxygen atoms in total. The molecule has 0 saturated carbocycles. The van der Waals surface area contributed by atoms with Crippen molar-refractivity contribution in [1.29, 1.82) is 0 Å². The predicted molar refractivity (Wildman–Crippen MR) is 50.6 cm³/mol. The maximum atomic E-state index is 13.2. The highest BCUT2D eigenvalue weighted by molar-refractivity contribution is 5.11. The summed E-state index contributed by atoms with van der Waals surface area (Å²) in [6.07, 6.45) is 2.50. The lowest BCUT2D eigenvalue weighted by molar-refractivity contribution is 0.429. The summed E-state index contributed by atoms with van der Waals surface area (Å²) in [5.74, 6) is -0.0558. The van der Waals surface area contributed by atoms with E-state index in [1.807, 2.05) is 13.8 Å². The Morgan fingerprint density at radius 2 is 2.31 bits per heavy atom. The molecule has 0 bridgehead atoms. The molecule has 0 amide bonds. The van der Waals surface area contributed by atoms with Gasteiger partial charge in [0.1, 0.15) is 5.82 Å². The van der Waals surface area contributed by atoms with E-state index in [9.17, 15) is 4.39 Å². The average Bonchev–Trinajstić information content (AvgIpc) is 2.16. The van der Waals surface area contributed by atoms with Gasteiger partial charge < -0.3 is 5.73 Å². The molecule has 3 heteroatoms. The molecular formula is C10H15FN2. The highest BCUT2D eigenvalue weighted by atomic mass is 19.1. The van der Waals surface area contributed by atoms with Crippen molar-refractivity contribution < 1.29 is 4.39 Å². The third kappa shape index (κ3) is 2.25. The number of hydrogen-bond donors (Lipinski definition) is 1. The molecule has 2 unspecified atom stereocenters. The minimum Gasteiger partial charge on any atom is -0.322 e. The number of hydrogen-bond acceptors (Lipinski definition) is 2. The third-order valence-electron chi connectivity index (χ3n) is 2.36. The van der Waals surface area contributed by atoms with Gasteiger partial charge in [0.2, 0.25) is 0 Å². The van der Waals surface area contributed by atoms with Crippen molar-refractivity contribution in [3.8, 4) is 0 Å². The van der Waals surface area contributed by atoms with Gasteiger partial charge in [0, 0.05) is 6.20 Å². The van der Waals surface area contributed by atoms with Gasteiger partial charge in [-0.1, -0.05) is 20.3 Å². The van der Waals surface area contributed by atoms with Crippen LogP contribution in [0.3, 0.4) is 0 Å². The lowest BCUT2D eigenvalue weighted by atomic mass is 9.97. The zero-order chi connectivity index (χ0) is 9.84. The van der Waals surface area contributed by atoms with Crippen molar-refractivity contribution in [3.05, 3.63) is 29.8 Å². The molecule has 0 aliphatic heterocycles. The van der Waals surface area contributed by atoms with Gasteiger partial charge in [0.05, 0.1) is 11.7 Å². The Balaban J connectivity index is 2.88. The molecule has 0 aliphatic rings. The Morgan fingerprint density at radius 1 is 1.62 bits per heavy atom. The first-order valence-corrected chi connectivity index (χ1v) is 4.52. The summed E-state index contributed by atoms with van der Waals surface area (Å²) in [5, 5.41) is 0. The zero-order valence-corrected chi connectivity index (χ0v) is 8.00. The average molecular weight is 182 g/mol. The van der Waals surface area contributed by atoms with Crippen molar-refractivity contribution in [2.45, 2.75) is 26.3 Å². The molecule has 0 spiro atoms. The first-order valence-electron chi connectivity index (χ1n) is 4.52. The summed E-state index contributed by atoms with van der Waals surface area (Å²) >= 11 is 0. The van der Waals surface area contributed by atoms with E-state index in [0.717, 1.165) is 6.42 Å². The molecule has 13 heavy (non-hydrogen) atoms. The minimum absolute atomic E-state index is 0.254. The van der Waals surface area contributed by atoms with E-state index in [1.54, 1.807) is 12.3 Å². The highest BCUT2D eigenvalue weighted by Crippen LogP contribution is 2.21. The van der Waals surface area contributed by atoms with E-state index in [1.165, 1.54) is 6.07 Å². The monoisotopic (exact) mass is 182 g/mol. The van der Waals surface area contributed by atoms with E-state index < -0.39 is 0 Å². The van der Waals surface area contributed by atoms with Crippen molar-refractivity contribution in [2.75, 3.05) is 0 Å². The van der Waals surface area contributed by atoms with Crippen molar-refractivity contribution >= 4 is 0 Å². The van der Waals surface area contributed by atoms with Crippen molar-refractivity contribution in [2.24, 2.45) is 11.7 Å². The van der Waals surface area contributed by atoms with Crippen LogP contribution in [-0.2, 0) is 0 Å². The highest BCUT2D eigenvalue weighted by Gasteiger charge is 2.17. The van der Waals surface area contributed by atoms with E-state index in [2.05, 4.69) is 4.98 Å². The molecule has 1 aromatic rings. The molecular weight excluding hydrogens is 167 g/mol. The topological polar surface area (TPSA) is 38.9 Å². The van der Waals surface area contributed by atoms with Gasteiger partial charge in [-0.25, -0.2) is 4.39 Å². The molecule has 2 N–H and O–H groups in total. The first kappa shape index (κ1) is 10.1. The van der Waals surface area contributed by atoms with Crippen LogP contribution in [-0.4, -0.2) is 4.98 Å². The SMILES string of the molecule is CCC(C)C(N)c1ncccc1F. The summed E-state index contributed by atoms with van der Waals surface area (Å²) in [4.78, 5) is 3.95. The fraction of sp³-hybridized carbons (Fsp3) is 0.500. The maximum Gasteiger partial charge on any atom is 0.146 e. The molecule has 0 saturated heterocycles. The largest absolute Gasteiger partial charge is 0.322 e. The van der Waals surface area contributed by atoms with Crippen LogP contribution in [0.5, 0.6) is 0 Å². The van der Waals surface area contributed by atoms with Crippen molar-refractivity contribution in [3.63, 3.8) is 0 Å². The smallest absolute Gasteiger partial charge is 0.146 e. The van der Waals surface area contributed by atoms with Crippen LogP contribution in [0.4, 0.5) is 4.39 Å². The van der Waals surface area contributed by atoms with Gasteiger partial charge in [-0.05, 0) is 18.1 Å². The van der Waals surface area contributed by atoms with E-state index in [4.69, 9.17) is 5.73 Å².